The van der Waals surface area contributed by atoms with Crippen LogP contribution in [0.2, 0.25) is 0 Å². The quantitative estimate of drug-likeness (QED) is 0.665. The first-order valence-electron chi connectivity index (χ1n) is 8.21. The van der Waals surface area contributed by atoms with Crippen LogP contribution in [0.3, 0.4) is 0 Å². The summed E-state index contributed by atoms with van der Waals surface area (Å²) in [6, 6.07) is 7.37. The Morgan fingerprint density at radius 3 is 2.48 bits per heavy atom. The van der Waals surface area contributed by atoms with Crippen LogP contribution in [0.1, 0.15) is 48.0 Å². The van der Waals surface area contributed by atoms with E-state index in [-0.39, 0.29) is 16.9 Å². The normalized spacial score (nSPS) is 15.3. The molecule has 1 amide bonds. The van der Waals surface area contributed by atoms with E-state index in [1.165, 1.54) is 31.2 Å². The SMILES string of the molecule is NCCNC(=O)c1ccc(CNSC(=O)C2CCCCC2)cc1. The van der Waals surface area contributed by atoms with Gasteiger partial charge in [-0.1, -0.05) is 31.4 Å². The molecule has 1 aromatic carbocycles. The molecule has 0 spiro atoms. The molecule has 126 valence electrons. The molecule has 0 unspecified atom stereocenters. The molecule has 0 aliphatic heterocycles. The molecule has 4 N–H and O–H groups in total. The number of carbonyl (C=O) groups is 2. The number of nitrogens with one attached hydrogen (secondary N) is 2. The van der Waals surface area contributed by atoms with Crippen LogP contribution in [-0.2, 0) is 11.3 Å². The van der Waals surface area contributed by atoms with Crippen molar-refractivity contribution in [2.24, 2.45) is 11.7 Å². The van der Waals surface area contributed by atoms with Crippen LogP contribution in [0.4, 0.5) is 0 Å². The Kier molecular flexibility index (Phi) is 7.58. The summed E-state index contributed by atoms with van der Waals surface area (Å²) in [6.45, 7) is 1.51. The Labute approximate surface area is 141 Å². The molecule has 23 heavy (non-hydrogen) atoms. The van der Waals surface area contributed by atoms with Crippen molar-refractivity contribution in [2.75, 3.05) is 13.1 Å². The van der Waals surface area contributed by atoms with E-state index in [9.17, 15) is 9.59 Å². The van der Waals surface area contributed by atoms with Crippen LogP contribution in [0.25, 0.3) is 0 Å². The Bertz CT molecular complexity index is 513. The van der Waals surface area contributed by atoms with Gasteiger partial charge in [-0.3, -0.25) is 14.3 Å². The Morgan fingerprint density at radius 2 is 1.83 bits per heavy atom. The predicted molar refractivity (Wildman–Crippen MR) is 93.8 cm³/mol. The van der Waals surface area contributed by atoms with Gasteiger partial charge in [0.25, 0.3) is 5.91 Å². The highest BCUT2D eigenvalue weighted by Gasteiger charge is 2.21. The first kappa shape index (κ1) is 18.0. The zero-order chi connectivity index (χ0) is 16.5. The van der Waals surface area contributed by atoms with E-state index in [4.69, 9.17) is 5.73 Å². The van der Waals surface area contributed by atoms with Crippen molar-refractivity contribution in [3.05, 3.63) is 35.4 Å². The molecule has 2 rings (SSSR count). The van der Waals surface area contributed by atoms with E-state index in [1.807, 2.05) is 12.1 Å². The van der Waals surface area contributed by atoms with Crippen molar-refractivity contribution < 1.29 is 9.59 Å². The van der Waals surface area contributed by atoms with Gasteiger partial charge >= 0.3 is 0 Å². The molecule has 0 bridgehead atoms. The second-order valence-electron chi connectivity index (χ2n) is 5.82. The summed E-state index contributed by atoms with van der Waals surface area (Å²) in [5.74, 6) is 0.103. The fourth-order valence-corrected chi connectivity index (χ4v) is 3.46. The second-order valence-corrected chi connectivity index (χ2v) is 6.71. The Balaban J connectivity index is 1.73. The number of hydrogen-bond donors (Lipinski definition) is 3. The largest absolute Gasteiger partial charge is 0.351 e. The topological polar surface area (TPSA) is 84.2 Å². The van der Waals surface area contributed by atoms with Crippen LogP contribution in [0.15, 0.2) is 24.3 Å². The first-order chi connectivity index (χ1) is 11.2. The molecule has 0 aromatic heterocycles. The van der Waals surface area contributed by atoms with Gasteiger partial charge in [-0.25, -0.2) is 0 Å². The number of amides is 1. The molecule has 1 aliphatic carbocycles. The van der Waals surface area contributed by atoms with Crippen LogP contribution in [0, 0.1) is 5.92 Å². The van der Waals surface area contributed by atoms with Crippen molar-refractivity contribution in [1.82, 2.24) is 10.0 Å². The van der Waals surface area contributed by atoms with E-state index in [0.29, 0.717) is 25.2 Å². The highest BCUT2D eigenvalue weighted by atomic mass is 32.2. The summed E-state index contributed by atoms with van der Waals surface area (Å²) >= 11 is 1.22. The molecule has 1 aromatic rings. The molecule has 6 heteroatoms. The maximum atomic E-state index is 12.1. The molecule has 5 nitrogen and oxygen atoms in total. The van der Waals surface area contributed by atoms with E-state index in [1.54, 1.807) is 12.1 Å². The van der Waals surface area contributed by atoms with E-state index in [0.717, 1.165) is 18.4 Å². The molecule has 0 saturated heterocycles. The summed E-state index contributed by atoms with van der Waals surface area (Å²) in [5, 5.41) is 2.99. The summed E-state index contributed by atoms with van der Waals surface area (Å²) in [7, 11) is 0. The van der Waals surface area contributed by atoms with Crippen molar-refractivity contribution in [2.45, 2.75) is 38.6 Å². The maximum Gasteiger partial charge on any atom is 0.251 e. The minimum absolute atomic E-state index is 0.114. The van der Waals surface area contributed by atoms with Gasteiger partial charge in [0.1, 0.15) is 0 Å². The molecule has 0 atom stereocenters. The zero-order valence-electron chi connectivity index (χ0n) is 13.3. The maximum absolute atomic E-state index is 12.1. The van der Waals surface area contributed by atoms with Crippen molar-refractivity contribution in [1.29, 1.82) is 0 Å². The van der Waals surface area contributed by atoms with Crippen LogP contribution in [-0.4, -0.2) is 24.1 Å². The van der Waals surface area contributed by atoms with E-state index >= 15 is 0 Å². The fourth-order valence-electron chi connectivity index (χ4n) is 2.67. The lowest BCUT2D eigenvalue weighted by atomic mass is 9.90. The first-order valence-corrected chi connectivity index (χ1v) is 9.03. The number of carbonyl (C=O) groups excluding carboxylic acids is 2. The molecular formula is C17H25N3O2S. The molecule has 1 aliphatic rings. The van der Waals surface area contributed by atoms with Gasteiger partial charge in [0.15, 0.2) is 0 Å². The smallest absolute Gasteiger partial charge is 0.251 e. The van der Waals surface area contributed by atoms with Crippen molar-refractivity contribution in [3.63, 3.8) is 0 Å². The van der Waals surface area contributed by atoms with Gasteiger partial charge in [0, 0.05) is 31.1 Å². The van der Waals surface area contributed by atoms with Gasteiger partial charge in [-0.2, -0.15) is 0 Å². The average Bonchev–Trinajstić information content (AvgIpc) is 2.61. The minimum Gasteiger partial charge on any atom is -0.351 e. The number of benzene rings is 1. The second kappa shape index (κ2) is 9.70. The van der Waals surface area contributed by atoms with E-state index in [2.05, 4.69) is 10.0 Å². The average molecular weight is 335 g/mol. The van der Waals surface area contributed by atoms with Crippen LogP contribution >= 0.6 is 11.9 Å². The summed E-state index contributed by atoms with van der Waals surface area (Å²) in [6.07, 6.45) is 5.66. The zero-order valence-corrected chi connectivity index (χ0v) is 14.2. The van der Waals surface area contributed by atoms with Gasteiger partial charge in [0.05, 0.1) is 0 Å². The molecular weight excluding hydrogens is 310 g/mol. The third-order valence-electron chi connectivity index (χ3n) is 4.03. The number of nitrogens with two attached hydrogens (primary N) is 1. The third kappa shape index (κ3) is 5.97. The minimum atomic E-state index is -0.114. The Morgan fingerprint density at radius 1 is 1.13 bits per heavy atom. The molecule has 0 radical (unpaired) electrons. The Hall–Kier alpha value is -1.37. The van der Waals surface area contributed by atoms with E-state index < -0.39 is 0 Å². The van der Waals surface area contributed by atoms with Gasteiger partial charge in [-0.05, 0) is 42.5 Å². The van der Waals surface area contributed by atoms with Crippen LogP contribution in [0.5, 0.6) is 0 Å². The molecule has 1 saturated carbocycles. The summed E-state index contributed by atoms with van der Waals surface area (Å²) in [4.78, 5) is 23.8. The standard InChI is InChI=1S/C17H25N3O2S/c18-10-11-19-16(21)14-8-6-13(7-9-14)12-20-23-17(22)15-4-2-1-3-5-15/h6-9,15,20H,1-5,10-12,18H2,(H,19,21). The monoisotopic (exact) mass is 335 g/mol. The lowest BCUT2D eigenvalue weighted by Crippen LogP contribution is -2.28. The fraction of sp³-hybridized carbons (Fsp3) is 0.529. The predicted octanol–water partition coefficient (Wildman–Crippen LogP) is 2.22. The van der Waals surface area contributed by atoms with Gasteiger partial charge < -0.3 is 11.1 Å². The van der Waals surface area contributed by atoms with Crippen molar-refractivity contribution >= 4 is 23.0 Å². The number of rotatable bonds is 7. The highest BCUT2D eigenvalue weighted by molar-refractivity contribution is 8.12. The van der Waals surface area contributed by atoms with Gasteiger partial charge in [-0.15, -0.1) is 0 Å². The molecule has 1 fully saturated rings. The van der Waals surface area contributed by atoms with Crippen molar-refractivity contribution in [3.8, 4) is 0 Å². The highest BCUT2D eigenvalue weighted by Crippen LogP contribution is 2.27. The van der Waals surface area contributed by atoms with Crippen LogP contribution < -0.4 is 15.8 Å². The summed E-state index contributed by atoms with van der Waals surface area (Å²) in [5.41, 5.74) is 7.02. The summed E-state index contributed by atoms with van der Waals surface area (Å²) < 4.78 is 3.13. The molecule has 0 heterocycles. The lowest BCUT2D eigenvalue weighted by molar-refractivity contribution is -0.115. The van der Waals surface area contributed by atoms with Gasteiger partial charge in [0.2, 0.25) is 5.12 Å². The lowest BCUT2D eigenvalue weighted by Gasteiger charge is -2.19. The third-order valence-corrected chi connectivity index (χ3v) is 4.86. The number of hydrogen-bond acceptors (Lipinski definition) is 5.